The van der Waals surface area contributed by atoms with Crippen molar-refractivity contribution < 1.29 is 4.74 Å². The minimum Gasteiger partial charge on any atom is -0.438 e. The van der Waals surface area contributed by atoms with Crippen LogP contribution in [0.5, 0.6) is 11.6 Å². The van der Waals surface area contributed by atoms with Crippen LogP contribution >= 0.6 is 23.2 Å². The van der Waals surface area contributed by atoms with Crippen LogP contribution in [-0.4, -0.2) is 4.98 Å². The Morgan fingerprint density at radius 1 is 0.950 bits per heavy atom. The number of benzene rings is 2. The molecule has 0 spiro atoms. The van der Waals surface area contributed by atoms with Gasteiger partial charge in [0.25, 0.3) is 0 Å². The van der Waals surface area contributed by atoms with Crippen LogP contribution in [0.15, 0.2) is 48.5 Å². The van der Waals surface area contributed by atoms with Crippen molar-refractivity contribution in [2.75, 3.05) is 5.73 Å². The van der Waals surface area contributed by atoms with E-state index in [1.54, 1.807) is 24.3 Å². The highest BCUT2D eigenvalue weighted by atomic mass is 35.5. The summed E-state index contributed by atoms with van der Waals surface area (Å²) >= 11 is 12.0. The molecule has 0 saturated heterocycles. The molecule has 0 radical (unpaired) electrons. The van der Waals surface area contributed by atoms with E-state index < -0.39 is 0 Å². The number of nitrogens with two attached hydrogens (primary N) is 1. The summed E-state index contributed by atoms with van der Waals surface area (Å²) in [6, 6.07) is 14.5. The Labute approximate surface area is 125 Å². The second kappa shape index (κ2) is 5.19. The van der Waals surface area contributed by atoms with Crippen molar-refractivity contribution in [3.05, 3.63) is 58.7 Å². The minimum atomic E-state index is 0.290. The first-order valence-electron chi connectivity index (χ1n) is 5.91. The van der Waals surface area contributed by atoms with E-state index in [9.17, 15) is 0 Å². The summed E-state index contributed by atoms with van der Waals surface area (Å²) in [5, 5.41) is 2.78. The summed E-state index contributed by atoms with van der Waals surface area (Å²) in [4.78, 5) is 4.09. The van der Waals surface area contributed by atoms with E-state index in [1.807, 2.05) is 24.3 Å². The predicted octanol–water partition coefficient (Wildman–Crippen LogP) is 4.92. The van der Waals surface area contributed by atoms with E-state index >= 15 is 0 Å². The van der Waals surface area contributed by atoms with Gasteiger partial charge < -0.3 is 10.5 Å². The average Bonchev–Trinajstić information content (AvgIpc) is 2.41. The van der Waals surface area contributed by atoms with Crippen molar-refractivity contribution in [2.24, 2.45) is 0 Å². The van der Waals surface area contributed by atoms with Crippen LogP contribution in [0.1, 0.15) is 0 Å². The van der Waals surface area contributed by atoms with Gasteiger partial charge in [-0.25, -0.2) is 4.98 Å². The molecule has 1 heterocycles. The monoisotopic (exact) mass is 304 g/mol. The maximum Gasteiger partial charge on any atom is 0.222 e. The zero-order chi connectivity index (χ0) is 14.1. The summed E-state index contributed by atoms with van der Waals surface area (Å²) in [5.74, 6) is 1.00. The maximum absolute atomic E-state index is 6.17. The minimum absolute atomic E-state index is 0.290. The zero-order valence-corrected chi connectivity index (χ0v) is 11.8. The molecule has 0 aliphatic rings. The molecule has 1 aromatic heterocycles. The van der Waals surface area contributed by atoms with Crippen LogP contribution in [0.25, 0.3) is 10.8 Å². The molecule has 20 heavy (non-hydrogen) atoms. The maximum atomic E-state index is 6.17. The molecule has 0 unspecified atom stereocenters. The third-order valence-electron chi connectivity index (χ3n) is 2.84. The third-order valence-corrected chi connectivity index (χ3v) is 3.36. The number of rotatable bonds is 2. The molecule has 0 aliphatic carbocycles. The fourth-order valence-corrected chi connectivity index (χ4v) is 2.42. The van der Waals surface area contributed by atoms with Crippen molar-refractivity contribution >= 4 is 39.7 Å². The summed E-state index contributed by atoms with van der Waals surface area (Å²) < 4.78 is 5.77. The van der Waals surface area contributed by atoms with E-state index in [0.717, 1.165) is 10.8 Å². The smallest absolute Gasteiger partial charge is 0.222 e. The van der Waals surface area contributed by atoms with Gasteiger partial charge in [0, 0.05) is 27.5 Å². The van der Waals surface area contributed by atoms with Crippen molar-refractivity contribution in [1.82, 2.24) is 4.98 Å². The number of halogens is 2. The summed E-state index contributed by atoms with van der Waals surface area (Å²) in [7, 11) is 0. The molecular formula is C15H10Cl2N2O. The van der Waals surface area contributed by atoms with Gasteiger partial charge in [0.2, 0.25) is 5.88 Å². The number of aromatic nitrogens is 1. The van der Waals surface area contributed by atoms with Gasteiger partial charge in [-0.1, -0.05) is 47.5 Å². The number of ether oxygens (including phenoxy) is 1. The lowest BCUT2D eigenvalue weighted by atomic mass is 10.1. The fraction of sp³-hybridized carbons (Fsp3) is 0. The Morgan fingerprint density at radius 2 is 1.70 bits per heavy atom. The molecule has 0 atom stereocenters. The number of hydrogen-bond acceptors (Lipinski definition) is 3. The lowest BCUT2D eigenvalue weighted by molar-refractivity contribution is 0.469. The standard InChI is InChI=1S/C15H10Cl2N2O/c16-12-5-6-13(11-4-2-1-3-10(11)12)20-15-8-9(18)7-14(17)19-15/h1-8H,(H2,18,19). The molecule has 0 saturated carbocycles. The SMILES string of the molecule is Nc1cc(Cl)nc(Oc2ccc(Cl)c3ccccc23)c1. The second-order valence-electron chi connectivity index (χ2n) is 4.25. The normalized spacial score (nSPS) is 10.7. The first-order chi connectivity index (χ1) is 9.63. The van der Waals surface area contributed by atoms with Crippen LogP contribution < -0.4 is 10.5 Å². The molecule has 100 valence electrons. The van der Waals surface area contributed by atoms with Gasteiger partial charge in [-0.15, -0.1) is 0 Å². The molecular weight excluding hydrogens is 295 g/mol. The van der Waals surface area contributed by atoms with Gasteiger partial charge in [-0.2, -0.15) is 0 Å². The Morgan fingerprint density at radius 3 is 2.45 bits per heavy atom. The van der Waals surface area contributed by atoms with Crippen molar-refractivity contribution in [1.29, 1.82) is 0 Å². The predicted molar refractivity (Wildman–Crippen MR) is 82.7 cm³/mol. The number of nitrogens with zero attached hydrogens (tertiary/aromatic N) is 1. The van der Waals surface area contributed by atoms with Crippen molar-refractivity contribution in [3.63, 3.8) is 0 Å². The number of hydrogen-bond donors (Lipinski definition) is 1. The largest absolute Gasteiger partial charge is 0.438 e. The lowest BCUT2D eigenvalue weighted by Crippen LogP contribution is -1.92. The number of nitrogen functional groups attached to an aromatic ring is 1. The topological polar surface area (TPSA) is 48.1 Å². The van der Waals surface area contributed by atoms with Crippen LogP contribution in [-0.2, 0) is 0 Å². The number of anilines is 1. The van der Waals surface area contributed by atoms with E-state index in [-0.39, 0.29) is 0 Å². The van der Waals surface area contributed by atoms with Gasteiger partial charge in [0.05, 0.1) is 0 Å². The Bertz CT molecular complexity index is 770. The number of pyridine rings is 1. The van der Waals surface area contributed by atoms with Crippen molar-refractivity contribution in [3.8, 4) is 11.6 Å². The molecule has 3 rings (SSSR count). The van der Waals surface area contributed by atoms with E-state index in [4.69, 9.17) is 33.7 Å². The molecule has 3 nitrogen and oxygen atoms in total. The average molecular weight is 305 g/mol. The molecule has 5 heteroatoms. The molecule has 2 aromatic carbocycles. The third kappa shape index (κ3) is 2.50. The summed E-state index contributed by atoms with van der Waals surface area (Å²) in [6.45, 7) is 0. The van der Waals surface area contributed by atoms with Crippen LogP contribution in [0.2, 0.25) is 10.2 Å². The molecule has 0 bridgehead atoms. The van der Waals surface area contributed by atoms with Gasteiger partial charge in [-0.3, -0.25) is 0 Å². The van der Waals surface area contributed by atoms with Gasteiger partial charge >= 0.3 is 0 Å². The summed E-state index contributed by atoms with van der Waals surface area (Å²) in [5.41, 5.74) is 6.22. The van der Waals surface area contributed by atoms with Gasteiger partial charge in [-0.05, 0) is 18.2 Å². The Balaban J connectivity index is 2.09. The molecule has 0 amide bonds. The highest BCUT2D eigenvalue weighted by Gasteiger charge is 2.08. The van der Waals surface area contributed by atoms with Crippen molar-refractivity contribution in [2.45, 2.75) is 0 Å². The van der Waals surface area contributed by atoms with Gasteiger partial charge in [0.1, 0.15) is 10.9 Å². The first kappa shape index (κ1) is 13.0. The second-order valence-corrected chi connectivity index (χ2v) is 5.05. The zero-order valence-electron chi connectivity index (χ0n) is 10.3. The van der Waals surface area contributed by atoms with E-state index in [0.29, 0.717) is 27.5 Å². The highest BCUT2D eigenvalue weighted by Crippen LogP contribution is 2.34. The molecule has 3 aromatic rings. The highest BCUT2D eigenvalue weighted by molar-refractivity contribution is 6.35. The van der Waals surface area contributed by atoms with Crippen LogP contribution in [0.4, 0.5) is 5.69 Å². The quantitative estimate of drug-likeness (QED) is 0.684. The Kier molecular flexibility index (Phi) is 3.38. The Hall–Kier alpha value is -1.97. The first-order valence-corrected chi connectivity index (χ1v) is 6.67. The van der Waals surface area contributed by atoms with Crippen LogP contribution in [0, 0.1) is 0 Å². The van der Waals surface area contributed by atoms with Crippen LogP contribution in [0.3, 0.4) is 0 Å². The van der Waals surface area contributed by atoms with E-state index in [1.165, 1.54) is 0 Å². The van der Waals surface area contributed by atoms with Gasteiger partial charge in [0.15, 0.2) is 0 Å². The number of fused-ring (bicyclic) bond motifs is 1. The van der Waals surface area contributed by atoms with E-state index in [2.05, 4.69) is 4.98 Å². The fourth-order valence-electron chi connectivity index (χ4n) is 1.98. The summed E-state index contributed by atoms with van der Waals surface area (Å²) in [6.07, 6.45) is 0. The lowest BCUT2D eigenvalue weighted by Gasteiger charge is -2.10. The molecule has 0 aliphatic heterocycles. The molecule has 2 N–H and O–H groups in total. The molecule has 0 fully saturated rings.